The van der Waals surface area contributed by atoms with Crippen molar-refractivity contribution in [3.8, 4) is 0 Å². The first kappa shape index (κ1) is 19.2. The number of para-hydroxylation sites is 2. The summed E-state index contributed by atoms with van der Waals surface area (Å²) < 4.78 is 0. The number of nitrogens with two attached hydrogens (primary N) is 1. The molecule has 5 N–H and O–H groups in total. The third kappa shape index (κ3) is 4.18. The number of azide groups is 1. The minimum Gasteiger partial charge on any atom is -0.371 e. The van der Waals surface area contributed by atoms with E-state index in [1.807, 2.05) is 42.5 Å². The fourth-order valence-corrected chi connectivity index (χ4v) is 3.95. The van der Waals surface area contributed by atoms with Crippen LogP contribution in [0.1, 0.15) is 18.4 Å². The minimum absolute atomic E-state index is 0.0708. The number of hydrogen-bond donors (Lipinski definition) is 4. The number of nitrogens with zero attached hydrogens (tertiary/aromatic N) is 5. The number of fused-ring (bicyclic) bond motifs is 1. The van der Waals surface area contributed by atoms with E-state index in [0.29, 0.717) is 26.1 Å². The van der Waals surface area contributed by atoms with Crippen molar-refractivity contribution in [3.63, 3.8) is 0 Å². The molecule has 2 unspecified atom stereocenters. The lowest BCUT2D eigenvalue weighted by molar-refractivity contribution is 0.130. The van der Waals surface area contributed by atoms with E-state index in [-0.39, 0.29) is 6.04 Å². The Labute approximate surface area is 169 Å². The normalized spacial score (nSPS) is 23.5. The summed E-state index contributed by atoms with van der Waals surface area (Å²) in [6, 6.07) is 18.1. The third-order valence-electron chi connectivity index (χ3n) is 5.51. The number of aliphatic imine (C=N–C) groups is 1. The van der Waals surface area contributed by atoms with Gasteiger partial charge in [0.2, 0.25) is 0 Å². The molecule has 29 heavy (non-hydrogen) atoms. The number of hydrogen-bond acceptors (Lipinski definition) is 7. The molecule has 0 radical (unpaired) electrons. The number of nitrogens with one attached hydrogen (secondary N) is 3. The zero-order valence-corrected chi connectivity index (χ0v) is 16.1. The van der Waals surface area contributed by atoms with Gasteiger partial charge in [-0.15, -0.1) is 0 Å². The molecule has 4 rings (SSSR count). The van der Waals surface area contributed by atoms with Crippen LogP contribution in [0, 0.1) is 0 Å². The lowest BCUT2D eigenvalue weighted by Gasteiger charge is -2.47. The summed E-state index contributed by atoms with van der Waals surface area (Å²) >= 11 is 0. The number of anilines is 1. The lowest BCUT2D eigenvalue weighted by atomic mass is 9.81. The van der Waals surface area contributed by atoms with Crippen molar-refractivity contribution >= 4 is 17.2 Å². The highest BCUT2D eigenvalue weighted by molar-refractivity contribution is 6.00. The van der Waals surface area contributed by atoms with Crippen LogP contribution >= 0.6 is 0 Å². The molecule has 150 valence electrons. The van der Waals surface area contributed by atoms with Gasteiger partial charge in [0.05, 0.1) is 16.9 Å². The molecule has 0 amide bonds. The molecule has 2 aromatic carbocycles. The highest BCUT2D eigenvalue weighted by Gasteiger charge is 2.45. The zero-order valence-electron chi connectivity index (χ0n) is 16.1. The van der Waals surface area contributed by atoms with E-state index in [2.05, 4.69) is 38.3 Å². The summed E-state index contributed by atoms with van der Waals surface area (Å²) in [6.45, 7) is 1.66. The van der Waals surface area contributed by atoms with E-state index >= 15 is 0 Å². The second kappa shape index (κ2) is 8.50. The first-order valence-corrected chi connectivity index (χ1v) is 9.71. The van der Waals surface area contributed by atoms with Crippen molar-refractivity contribution in [2.75, 3.05) is 18.4 Å². The first-order chi connectivity index (χ1) is 14.2. The summed E-state index contributed by atoms with van der Waals surface area (Å²) in [5, 5.41) is 9.20. The van der Waals surface area contributed by atoms with Gasteiger partial charge in [-0.3, -0.25) is 5.84 Å². The Balaban J connectivity index is 1.57. The van der Waals surface area contributed by atoms with Crippen LogP contribution in [-0.4, -0.2) is 35.5 Å². The van der Waals surface area contributed by atoms with Crippen molar-refractivity contribution < 1.29 is 0 Å². The summed E-state index contributed by atoms with van der Waals surface area (Å²) in [6.07, 6.45) is 1.46. The summed E-state index contributed by atoms with van der Waals surface area (Å²) in [5.41, 5.74) is 18.0. The summed E-state index contributed by atoms with van der Waals surface area (Å²) in [7, 11) is 0. The monoisotopic (exact) mass is 391 g/mol. The minimum atomic E-state index is -0.413. The topological polar surface area (TPSA) is 126 Å². The zero-order chi connectivity index (χ0) is 20.1. The maximum absolute atomic E-state index is 8.73. The predicted octanol–water partition coefficient (Wildman–Crippen LogP) is 2.82. The Bertz CT molecular complexity index is 923. The lowest BCUT2D eigenvalue weighted by Crippen LogP contribution is -2.65. The average Bonchev–Trinajstić information content (AvgIpc) is 2.75. The number of piperidine rings is 1. The van der Waals surface area contributed by atoms with Crippen LogP contribution in [0.3, 0.4) is 0 Å². The SMILES string of the molecule is [N-]=[N+]=NCC1CC2(CCN1N)Nc1ccccc1N=C2NNCc1ccccc1. The smallest absolute Gasteiger partial charge is 0.142 e. The van der Waals surface area contributed by atoms with Crippen LogP contribution in [-0.2, 0) is 6.54 Å². The van der Waals surface area contributed by atoms with E-state index in [1.54, 1.807) is 5.01 Å². The van der Waals surface area contributed by atoms with Crippen LogP contribution in [0.2, 0.25) is 0 Å². The summed E-state index contributed by atoms with van der Waals surface area (Å²) in [4.78, 5) is 7.81. The van der Waals surface area contributed by atoms with Crippen LogP contribution in [0.25, 0.3) is 10.4 Å². The van der Waals surface area contributed by atoms with Crippen LogP contribution in [0.4, 0.5) is 11.4 Å². The molecule has 2 atom stereocenters. The summed E-state index contributed by atoms with van der Waals surface area (Å²) in [5.74, 6) is 7.00. The molecule has 2 aliphatic rings. The fourth-order valence-electron chi connectivity index (χ4n) is 3.95. The molecule has 1 spiro atoms. The second-order valence-corrected chi connectivity index (χ2v) is 7.41. The van der Waals surface area contributed by atoms with Gasteiger partial charge in [-0.1, -0.05) is 47.6 Å². The van der Waals surface area contributed by atoms with Gasteiger partial charge in [0.25, 0.3) is 0 Å². The van der Waals surface area contributed by atoms with E-state index < -0.39 is 5.54 Å². The molecule has 0 aromatic heterocycles. The van der Waals surface area contributed by atoms with Gasteiger partial charge in [-0.25, -0.2) is 15.4 Å². The third-order valence-corrected chi connectivity index (χ3v) is 5.51. The highest BCUT2D eigenvalue weighted by Crippen LogP contribution is 2.38. The standard InChI is InChI=1S/C20H25N9/c21-28-24-14-16-12-20(10-11-29(16)22)19(25-17-8-4-5-9-18(17)26-20)27-23-13-15-6-2-1-3-7-15/h1-9,16,23,26H,10-14,22H2,(H,25,27). The molecule has 9 nitrogen and oxygen atoms in total. The van der Waals surface area contributed by atoms with Gasteiger partial charge >= 0.3 is 0 Å². The molecule has 1 fully saturated rings. The van der Waals surface area contributed by atoms with Crippen molar-refractivity contribution in [1.82, 2.24) is 15.9 Å². The maximum Gasteiger partial charge on any atom is 0.142 e. The van der Waals surface area contributed by atoms with Crippen LogP contribution in [0.5, 0.6) is 0 Å². The first-order valence-electron chi connectivity index (χ1n) is 9.71. The van der Waals surface area contributed by atoms with Crippen molar-refractivity contribution in [2.45, 2.75) is 31.0 Å². The molecule has 1 saturated heterocycles. The number of rotatable bonds is 5. The molecule has 2 aromatic rings. The Morgan fingerprint density at radius 3 is 2.86 bits per heavy atom. The number of benzene rings is 2. The van der Waals surface area contributed by atoms with Gasteiger partial charge in [0, 0.05) is 30.6 Å². The van der Waals surface area contributed by atoms with E-state index in [0.717, 1.165) is 23.6 Å². The molecular weight excluding hydrogens is 366 g/mol. The van der Waals surface area contributed by atoms with Gasteiger partial charge in [-0.05, 0) is 36.1 Å². The molecule has 9 heteroatoms. The van der Waals surface area contributed by atoms with Gasteiger partial charge in [0.15, 0.2) is 0 Å². The Morgan fingerprint density at radius 1 is 1.24 bits per heavy atom. The molecule has 0 aliphatic carbocycles. The van der Waals surface area contributed by atoms with E-state index in [1.165, 1.54) is 5.56 Å². The largest absolute Gasteiger partial charge is 0.371 e. The second-order valence-electron chi connectivity index (χ2n) is 7.41. The number of amidine groups is 1. The van der Waals surface area contributed by atoms with Crippen molar-refractivity contribution in [3.05, 3.63) is 70.6 Å². The van der Waals surface area contributed by atoms with Crippen molar-refractivity contribution in [1.29, 1.82) is 0 Å². The van der Waals surface area contributed by atoms with Crippen LogP contribution in [0.15, 0.2) is 64.7 Å². The van der Waals surface area contributed by atoms with Crippen molar-refractivity contribution in [2.24, 2.45) is 15.9 Å². The maximum atomic E-state index is 8.73. The van der Waals surface area contributed by atoms with Gasteiger partial charge < -0.3 is 10.7 Å². The van der Waals surface area contributed by atoms with Gasteiger partial charge in [-0.2, -0.15) is 0 Å². The Kier molecular flexibility index (Phi) is 5.64. The van der Waals surface area contributed by atoms with Crippen LogP contribution < -0.4 is 22.0 Å². The Hall–Kier alpha value is -3.10. The van der Waals surface area contributed by atoms with E-state index in [4.69, 9.17) is 16.4 Å². The van der Waals surface area contributed by atoms with E-state index in [9.17, 15) is 0 Å². The average molecular weight is 391 g/mol. The molecule has 2 heterocycles. The molecule has 2 aliphatic heterocycles. The highest BCUT2D eigenvalue weighted by atomic mass is 15.4. The molecule has 0 saturated carbocycles. The predicted molar refractivity (Wildman–Crippen MR) is 114 cm³/mol. The molecule has 0 bridgehead atoms. The Morgan fingerprint density at radius 2 is 2.03 bits per heavy atom. The quantitative estimate of drug-likeness (QED) is 0.205. The number of hydrazine groups is 2. The van der Waals surface area contributed by atoms with Gasteiger partial charge in [0.1, 0.15) is 5.84 Å². The molecular formula is C20H25N9. The fraction of sp³-hybridized carbons (Fsp3) is 0.350.